The maximum absolute atomic E-state index is 12.6. The molecule has 21 heavy (non-hydrogen) atoms. The zero-order valence-electron chi connectivity index (χ0n) is 12.6. The number of carbonyl (C=O) groups is 1. The molecule has 1 heterocycles. The van der Waals surface area contributed by atoms with Gasteiger partial charge in [0.2, 0.25) is 15.9 Å². The van der Waals surface area contributed by atoms with Gasteiger partial charge in [-0.15, -0.1) is 0 Å². The Balaban J connectivity index is 2.25. The van der Waals surface area contributed by atoms with Gasteiger partial charge in [-0.1, -0.05) is 32.9 Å². The van der Waals surface area contributed by atoms with Gasteiger partial charge >= 0.3 is 0 Å². The van der Waals surface area contributed by atoms with Gasteiger partial charge in [-0.2, -0.15) is 4.31 Å². The zero-order chi connectivity index (χ0) is 15.8. The average molecular weight is 310 g/mol. The van der Waals surface area contributed by atoms with E-state index in [2.05, 4.69) is 13.8 Å². The molecule has 1 aromatic rings. The fourth-order valence-electron chi connectivity index (χ4n) is 2.66. The molecule has 0 radical (unpaired) electrons. The van der Waals surface area contributed by atoms with E-state index in [0.29, 0.717) is 12.5 Å². The first kappa shape index (κ1) is 16.0. The first-order chi connectivity index (χ1) is 9.73. The number of hydrogen-bond acceptors (Lipinski definition) is 3. The highest BCUT2D eigenvalue weighted by Crippen LogP contribution is 2.28. The number of primary amides is 1. The Kier molecular flexibility index (Phi) is 4.39. The van der Waals surface area contributed by atoms with E-state index in [1.807, 2.05) is 19.1 Å². The Morgan fingerprint density at radius 2 is 1.81 bits per heavy atom. The van der Waals surface area contributed by atoms with Crippen LogP contribution in [-0.2, 0) is 14.8 Å². The molecule has 0 saturated carbocycles. The van der Waals surface area contributed by atoms with E-state index >= 15 is 0 Å². The fourth-order valence-corrected chi connectivity index (χ4v) is 4.23. The third kappa shape index (κ3) is 3.11. The van der Waals surface area contributed by atoms with Crippen LogP contribution >= 0.6 is 0 Å². The maximum atomic E-state index is 12.6. The monoisotopic (exact) mass is 310 g/mol. The van der Waals surface area contributed by atoms with E-state index in [9.17, 15) is 13.2 Å². The molecule has 2 rings (SSSR count). The van der Waals surface area contributed by atoms with Gasteiger partial charge in [-0.25, -0.2) is 8.42 Å². The molecule has 5 nitrogen and oxygen atoms in total. The van der Waals surface area contributed by atoms with Crippen LogP contribution in [-0.4, -0.2) is 31.7 Å². The summed E-state index contributed by atoms with van der Waals surface area (Å²) in [5.74, 6) is -0.537. The molecule has 1 fully saturated rings. The van der Waals surface area contributed by atoms with Crippen LogP contribution in [0.5, 0.6) is 0 Å². The molecule has 1 saturated heterocycles. The first-order valence-corrected chi connectivity index (χ1v) is 8.57. The minimum atomic E-state index is -3.55. The summed E-state index contributed by atoms with van der Waals surface area (Å²) in [5.41, 5.74) is 6.42. The normalized spacial score (nSPS) is 23.6. The Labute approximate surface area is 126 Å². The standard InChI is InChI=1S/C15H22N2O3S/c1-10(2)12-4-6-13(7-5-12)21(19,20)17-8-11(3)14(9-17)15(16)18/h4-7,10-11,14H,8-9H2,1-3H3,(H2,16,18)/t11-,14-/m1/s1. The lowest BCUT2D eigenvalue weighted by molar-refractivity contribution is -0.122. The SMILES string of the molecule is CC(C)c1ccc(S(=O)(=O)N2C[C@@H](C)[C@H](C(N)=O)C2)cc1. The summed E-state index contributed by atoms with van der Waals surface area (Å²) < 4.78 is 26.6. The largest absolute Gasteiger partial charge is 0.369 e. The van der Waals surface area contributed by atoms with Crippen molar-refractivity contribution in [2.24, 2.45) is 17.6 Å². The number of rotatable bonds is 4. The predicted octanol–water partition coefficient (Wildman–Crippen LogP) is 1.55. The second-order valence-electron chi connectivity index (χ2n) is 6.03. The van der Waals surface area contributed by atoms with Gasteiger partial charge in [0.1, 0.15) is 0 Å². The molecule has 1 aliphatic heterocycles. The first-order valence-electron chi connectivity index (χ1n) is 7.13. The number of sulfonamides is 1. The number of carbonyl (C=O) groups excluding carboxylic acids is 1. The lowest BCUT2D eigenvalue weighted by Crippen LogP contribution is -2.32. The summed E-state index contributed by atoms with van der Waals surface area (Å²) in [7, 11) is -3.55. The molecule has 1 amide bonds. The second kappa shape index (κ2) is 5.77. The molecule has 0 aliphatic carbocycles. The molecule has 6 heteroatoms. The number of amides is 1. The van der Waals surface area contributed by atoms with Crippen molar-refractivity contribution in [2.75, 3.05) is 13.1 Å². The minimum Gasteiger partial charge on any atom is -0.369 e. The highest BCUT2D eigenvalue weighted by Gasteiger charge is 2.39. The number of hydrogen-bond donors (Lipinski definition) is 1. The minimum absolute atomic E-state index is 0.0489. The molecule has 0 spiro atoms. The third-order valence-electron chi connectivity index (χ3n) is 4.13. The summed E-state index contributed by atoms with van der Waals surface area (Å²) in [6.07, 6.45) is 0. The van der Waals surface area contributed by atoms with Crippen LogP contribution < -0.4 is 5.73 Å². The Hall–Kier alpha value is -1.40. The van der Waals surface area contributed by atoms with E-state index in [4.69, 9.17) is 5.73 Å². The Bertz CT molecular complexity index is 623. The highest BCUT2D eigenvalue weighted by molar-refractivity contribution is 7.89. The van der Waals surface area contributed by atoms with E-state index < -0.39 is 21.8 Å². The van der Waals surface area contributed by atoms with Gasteiger partial charge < -0.3 is 5.73 Å². The zero-order valence-corrected chi connectivity index (χ0v) is 13.4. The van der Waals surface area contributed by atoms with E-state index in [-0.39, 0.29) is 17.4 Å². The van der Waals surface area contributed by atoms with Crippen LogP contribution in [0, 0.1) is 11.8 Å². The summed E-state index contributed by atoms with van der Waals surface area (Å²) in [6, 6.07) is 6.94. The second-order valence-corrected chi connectivity index (χ2v) is 7.97. The smallest absolute Gasteiger partial charge is 0.243 e. The molecular formula is C15H22N2O3S. The van der Waals surface area contributed by atoms with Crippen molar-refractivity contribution in [3.8, 4) is 0 Å². The van der Waals surface area contributed by atoms with Crippen molar-refractivity contribution in [2.45, 2.75) is 31.6 Å². The summed E-state index contributed by atoms with van der Waals surface area (Å²) in [6.45, 7) is 6.48. The number of nitrogens with zero attached hydrogens (tertiary/aromatic N) is 1. The molecule has 0 unspecified atom stereocenters. The molecule has 1 aliphatic rings. The summed E-state index contributed by atoms with van der Waals surface area (Å²) in [4.78, 5) is 11.6. The molecule has 1 aromatic carbocycles. The van der Waals surface area contributed by atoms with Gasteiger partial charge in [-0.05, 0) is 29.5 Å². The molecule has 116 valence electrons. The van der Waals surface area contributed by atoms with Crippen molar-refractivity contribution >= 4 is 15.9 Å². The van der Waals surface area contributed by atoms with Crippen LogP contribution in [0.4, 0.5) is 0 Å². The summed E-state index contributed by atoms with van der Waals surface area (Å²) >= 11 is 0. The maximum Gasteiger partial charge on any atom is 0.243 e. The average Bonchev–Trinajstić information content (AvgIpc) is 2.82. The van der Waals surface area contributed by atoms with Gasteiger partial charge in [0, 0.05) is 13.1 Å². The van der Waals surface area contributed by atoms with Crippen molar-refractivity contribution in [1.82, 2.24) is 4.31 Å². The van der Waals surface area contributed by atoms with Gasteiger partial charge in [-0.3, -0.25) is 4.79 Å². The van der Waals surface area contributed by atoms with Gasteiger partial charge in [0.15, 0.2) is 0 Å². The van der Waals surface area contributed by atoms with Crippen LogP contribution in [0.1, 0.15) is 32.3 Å². The third-order valence-corrected chi connectivity index (χ3v) is 5.97. The Morgan fingerprint density at radius 3 is 2.24 bits per heavy atom. The van der Waals surface area contributed by atoms with Gasteiger partial charge in [0.25, 0.3) is 0 Å². The van der Waals surface area contributed by atoms with Crippen molar-refractivity contribution in [1.29, 1.82) is 0 Å². The molecule has 2 atom stereocenters. The van der Waals surface area contributed by atoms with Crippen molar-refractivity contribution < 1.29 is 13.2 Å². The predicted molar refractivity (Wildman–Crippen MR) is 81.1 cm³/mol. The van der Waals surface area contributed by atoms with Gasteiger partial charge in [0.05, 0.1) is 10.8 Å². The van der Waals surface area contributed by atoms with E-state index in [1.165, 1.54) is 4.31 Å². The topological polar surface area (TPSA) is 80.5 Å². The molecule has 0 aromatic heterocycles. The number of benzene rings is 1. The number of nitrogens with two attached hydrogens (primary N) is 1. The van der Waals surface area contributed by atoms with Crippen molar-refractivity contribution in [3.63, 3.8) is 0 Å². The van der Waals surface area contributed by atoms with Crippen molar-refractivity contribution in [3.05, 3.63) is 29.8 Å². The highest BCUT2D eigenvalue weighted by atomic mass is 32.2. The van der Waals surface area contributed by atoms with Crippen LogP contribution in [0.15, 0.2) is 29.2 Å². The van der Waals surface area contributed by atoms with Crippen LogP contribution in [0.3, 0.4) is 0 Å². The summed E-state index contributed by atoms with van der Waals surface area (Å²) in [5, 5.41) is 0. The molecule has 0 bridgehead atoms. The quantitative estimate of drug-likeness (QED) is 0.916. The van der Waals surface area contributed by atoms with E-state index in [0.717, 1.165) is 5.56 Å². The van der Waals surface area contributed by atoms with Crippen LogP contribution in [0.2, 0.25) is 0 Å². The molecular weight excluding hydrogens is 288 g/mol. The molecule has 2 N–H and O–H groups in total. The fraction of sp³-hybridized carbons (Fsp3) is 0.533. The van der Waals surface area contributed by atoms with E-state index in [1.54, 1.807) is 12.1 Å². The lowest BCUT2D eigenvalue weighted by atomic mass is 9.98. The lowest BCUT2D eigenvalue weighted by Gasteiger charge is -2.16. The Morgan fingerprint density at radius 1 is 1.24 bits per heavy atom. The van der Waals surface area contributed by atoms with Crippen LogP contribution in [0.25, 0.3) is 0 Å².